The van der Waals surface area contributed by atoms with E-state index >= 15 is 0 Å². The van der Waals surface area contributed by atoms with E-state index in [-0.39, 0.29) is 32.0 Å². The highest BCUT2D eigenvalue weighted by Crippen LogP contribution is 2.38. The Labute approximate surface area is 588 Å². The normalized spacial score (nSPS) is 12.9. The third-order valence-corrected chi connectivity index (χ3v) is 21.1. The molecule has 0 saturated carbocycles. The van der Waals surface area contributed by atoms with Crippen LogP contribution in [0.4, 0.5) is 0 Å². The highest BCUT2D eigenvalue weighted by molar-refractivity contribution is 7.45. The molecule has 2 unspecified atom stereocenters. The number of carbonyl (C=O) groups is 2. The van der Waals surface area contributed by atoms with Crippen LogP contribution < -0.4 is 4.89 Å². The van der Waals surface area contributed by atoms with Crippen LogP contribution in [0.15, 0.2) is 0 Å². The first-order valence-corrected chi connectivity index (χ1v) is 44.2. The molecule has 0 N–H and O–H groups in total. The minimum atomic E-state index is -4.64. The largest absolute Gasteiger partial charge is 0.756 e. The van der Waals surface area contributed by atoms with Gasteiger partial charge in [-0.05, 0) is 12.8 Å². The maximum absolute atomic E-state index is 12.9. The summed E-state index contributed by atoms with van der Waals surface area (Å²) >= 11 is 0. The number of likely N-dealkylation sites (N-methyl/N-ethyl adjacent to an activating group) is 1. The van der Waals surface area contributed by atoms with E-state index < -0.39 is 26.5 Å². The molecule has 0 aromatic heterocycles. The fourth-order valence-corrected chi connectivity index (χ4v) is 14.3. The lowest BCUT2D eigenvalue weighted by Gasteiger charge is -2.28. The van der Waals surface area contributed by atoms with Crippen molar-refractivity contribution >= 4 is 19.8 Å². The van der Waals surface area contributed by atoms with E-state index in [1.54, 1.807) is 0 Å². The fourth-order valence-electron chi connectivity index (χ4n) is 13.6. The Morgan fingerprint density at radius 1 is 0.287 bits per heavy atom. The number of ether oxygens (including phenoxy) is 2. The third-order valence-electron chi connectivity index (χ3n) is 20.1. The Morgan fingerprint density at radius 2 is 0.479 bits per heavy atom. The summed E-state index contributed by atoms with van der Waals surface area (Å²) in [5.41, 5.74) is 0. The van der Waals surface area contributed by atoms with Gasteiger partial charge in [0.2, 0.25) is 0 Å². The van der Waals surface area contributed by atoms with Gasteiger partial charge in [0.25, 0.3) is 7.82 Å². The molecule has 0 saturated heterocycles. The summed E-state index contributed by atoms with van der Waals surface area (Å²) < 4.78 is 34.5. The van der Waals surface area contributed by atoms with Gasteiger partial charge < -0.3 is 27.9 Å². The molecular weight excluding hydrogens is 1180 g/mol. The highest BCUT2D eigenvalue weighted by Gasteiger charge is 2.22. The Bertz CT molecular complexity index is 1540. The molecule has 0 heterocycles. The van der Waals surface area contributed by atoms with Crippen LogP contribution in [-0.4, -0.2) is 70.0 Å². The first kappa shape index (κ1) is 93.0. The molecule has 0 aliphatic heterocycles. The lowest BCUT2D eigenvalue weighted by atomic mass is 10.0. The molecule has 0 radical (unpaired) electrons. The summed E-state index contributed by atoms with van der Waals surface area (Å²) in [5, 5.41) is 0. The maximum atomic E-state index is 12.9. The molecule has 0 fully saturated rings. The van der Waals surface area contributed by atoms with E-state index in [0.717, 1.165) is 32.1 Å². The number of carbonyl (C=O) groups excluding carboxylic acids is 2. The molecule has 0 aromatic rings. The van der Waals surface area contributed by atoms with Gasteiger partial charge in [-0.2, -0.15) is 0 Å². The van der Waals surface area contributed by atoms with Gasteiger partial charge in [-0.1, -0.05) is 450 Å². The van der Waals surface area contributed by atoms with Crippen LogP contribution in [0.2, 0.25) is 0 Å². The van der Waals surface area contributed by atoms with Crippen molar-refractivity contribution in [2.24, 2.45) is 0 Å². The van der Waals surface area contributed by atoms with E-state index in [2.05, 4.69) is 13.8 Å². The zero-order chi connectivity index (χ0) is 68.3. The van der Waals surface area contributed by atoms with Gasteiger partial charge in [-0.15, -0.1) is 0 Å². The van der Waals surface area contributed by atoms with Gasteiger partial charge in [-0.25, -0.2) is 0 Å². The van der Waals surface area contributed by atoms with Crippen molar-refractivity contribution in [3.05, 3.63) is 0 Å². The Morgan fingerprint density at radius 3 is 0.681 bits per heavy atom. The van der Waals surface area contributed by atoms with Crippen LogP contribution in [0, 0.1) is 0 Å². The lowest BCUT2D eigenvalue weighted by molar-refractivity contribution is -0.870. The monoisotopic (exact) mass is 1350 g/mol. The molecule has 0 bridgehead atoms. The number of nitrogens with zero attached hydrogens (tertiary/aromatic N) is 1. The minimum absolute atomic E-state index is 0.0246. The van der Waals surface area contributed by atoms with Crippen LogP contribution in [-0.2, 0) is 32.7 Å². The third kappa shape index (κ3) is 80.0. The standard InChI is InChI=1S/C84H168NO8P/c1-6-8-10-12-14-16-18-20-22-24-26-28-30-32-34-36-38-39-40-41-42-43-44-45-47-49-51-53-55-57-59-61-63-65-67-69-71-73-75-77-84(87)93-82(81-92-94(88,89)91-79-78-85(3,4)5)80-90-83(86)76-74-72-70-68-66-64-62-60-58-56-54-52-50-48-46-37-35-33-31-29-27-25-23-21-19-17-15-13-11-9-7-2/h82H,6-81H2,1-5H3. The topological polar surface area (TPSA) is 111 Å². The summed E-state index contributed by atoms with van der Waals surface area (Å²) in [6.07, 6.45) is 95.5. The molecule has 10 heteroatoms. The molecule has 9 nitrogen and oxygen atoms in total. The smallest absolute Gasteiger partial charge is 0.306 e. The van der Waals surface area contributed by atoms with Crippen molar-refractivity contribution in [2.75, 3.05) is 47.5 Å². The van der Waals surface area contributed by atoms with Crippen LogP contribution in [0.5, 0.6) is 0 Å². The van der Waals surface area contributed by atoms with Gasteiger partial charge >= 0.3 is 11.9 Å². The number of phosphoric ester groups is 1. The lowest BCUT2D eigenvalue weighted by Crippen LogP contribution is -2.37. The predicted molar refractivity (Wildman–Crippen MR) is 407 cm³/mol. The summed E-state index contributed by atoms with van der Waals surface area (Å²) in [7, 11) is 1.20. The molecule has 0 aromatic carbocycles. The molecular formula is C84H168NO8P. The summed E-state index contributed by atoms with van der Waals surface area (Å²) in [6, 6.07) is 0. The fraction of sp³-hybridized carbons (Fsp3) is 0.976. The zero-order valence-corrected chi connectivity index (χ0v) is 65.4. The van der Waals surface area contributed by atoms with Crippen LogP contribution in [0.1, 0.15) is 476 Å². The molecule has 0 spiro atoms. The van der Waals surface area contributed by atoms with Gasteiger partial charge in [0.1, 0.15) is 19.8 Å². The van der Waals surface area contributed by atoms with E-state index in [1.807, 2.05) is 21.1 Å². The summed E-state index contributed by atoms with van der Waals surface area (Å²) in [4.78, 5) is 38.2. The second kappa shape index (κ2) is 76.2. The molecule has 0 amide bonds. The highest BCUT2D eigenvalue weighted by atomic mass is 31.2. The van der Waals surface area contributed by atoms with Crippen LogP contribution >= 0.6 is 7.82 Å². The summed E-state index contributed by atoms with van der Waals surface area (Å²) in [5.74, 6) is -0.799. The van der Waals surface area contributed by atoms with Gasteiger partial charge in [0.05, 0.1) is 27.7 Å². The van der Waals surface area contributed by atoms with Crippen LogP contribution in [0.25, 0.3) is 0 Å². The van der Waals surface area contributed by atoms with Gasteiger partial charge in [0.15, 0.2) is 6.10 Å². The average Bonchev–Trinajstić information content (AvgIpc) is 1.56. The van der Waals surface area contributed by atoms with E-state index in [4.69, 9.17) is 18.5 Å². The average molecular weight is 1350 g/mol. The number of quaternary nitrogens is 1. The van der Waals surface area contributed by atoms with Crippen molar-refractivity contribution in [1.29, 1.82) is 0 Å². The second-order valence-corrected chi connectivity index (χ2v) is 32.3. The Balaban J connectivity index is 3.84. The van der Waals surface area contributed by atoms with Crippen molar-refractivity contribution in [3.63, 3.8) is 0 Å². The molecule has 0 aliphatic rings. The second-order valence-electron chi connectivity index (χ2n) is 30.9. The van der Waals surface area contributed by atoms with E-state index in [9.17, 15) is 19.0 Å². The zero-order valence-electron chi connectivity index (χ0n) is 64.5. The van der Waals surface area contributed by atoms with Gasteiger partial charge in [0, 0.05) is 12.8 Å². The first-order chi connectivity index (χ1) is 46.0. The predicted octanol–water partition coefficient (Wildman–Crippen LogP) is 27.8. The molecule has 0 rings (SSSR count). The van der Waals surface area contributed by atoms with Gasteiger partial charge in [-0.3, -0.25) is 14.2 Å². The van der Waals surface area contributed by atoms with Crippen molar-refractivity contribution in [3.8, 4) is 0 Å². The number of unbranched alkanes of at least 4 members (excludes halogenated alkanes) is 68. The number of phosphoric acid groups is 1. The molecule has 562 valence electrons. The number of hydrogen-bond acceptors (Lipinski definition) is 8. The van der Waals surface area contributed by atoms with Crippen LogP contribution in [0.3, 0.4) is 0 Å². The maximum Gasteiger partial charge on any atom is 0.306 e. The minimum Gasteiger partial charge on any atom is -0.756 e. The molecule has 2 atom stereocenters. The Hall–Kier alpha value is -0.990. The summed E-state index contributed by atoms with van der Waals surface area (Å²) in [6.45, 7) is 4.36. The quantitative estimate of drug-likeness (QED) is 0.0256. The van der Waals surface area contributed by atoms with E-state index in [0.29, 0.717) is 17.4 Å². The molecule has 94 heavy (non-hydrogen) atoms. The Kier molecular flexibility index (Phi) is 75.4. The van der Waals surface area contributed by atoms with Crippen molar-refractivity contribution in [2.45, 2.75) is 482 Å². The molecule has 0 aliphatic carbocycles. The van der Waals surface area contributed by atoms with E-state index in [1.165, 1.54) is 411 Å². The van der Waals surface area contributed by atoms with Crippen molar-refractivity contribution < 1.29 is 42.1 Å². The van der Waals surface area contributed by atoms with Crippen molar-refractivity contribution in [1.82, 2.24) is 0 Å². The number of esters is 2. The SMILES string of the molecule is CCCCCCCCCCCCCCCCCCCCCCCCCCCCCCCCCCCCCCCCCC(=O)OC(COC(=O)CCCCCCCCCCCCCCCCCCCCCCCCCCCCCCCCC)COP(=O)([O-])OCC[N+](C)(C)C. The number of hydrogen-bond donors (Lipinski definition) is 0. The number of rotatable bonds is 82. The first-order valence-electron chi connectivity index (χ1n) is 42.7.